The number of aliphatic hydroxyl groups is 1. The molecule has 2 aromatic heterocycles. The van der Waals surface area contributed by atoms with Gasteiger partial charge < -0.3 is 14.4 Å². The summed E-state index contributed by atoms with van der Waals surface area (Å²) < 4.78 is 10.1. The minimum atomic E-state index is -0.483. The van der Waals surface area contributed by atoms with E-state index in [2.05, 4.69) is 20.0 Å². The van der Waals surface area contributed by atoms with Crippen LogP contribution in [0, 0.1) is 5.92 Å². The molecule has 0 radical (unpaired) electrons. The van der Waals surface area contributed by atoms with Gasteiger partial charge in [0.25, 0.3) is 0 Å². The quantitative estimate of drug-likeness (QED) is 0.621. The minimum absolute atomic E-state index is 0.219. The first kappa shape index (κ1) is 20.2. The first-order valence-corrected chi connectivity index (χ1v) is 9.95. The molecule has 0 saturated carbocycles. The summed E-state index contributed by atoms with van der Waals surface area (Å²) in [5, 5.41) is 14.6. The number of aromatic nitrogens is 3. The molecule has 0 amide bonds. The van der Waals surface area contributed by atoms with E-state index in [4.69, 9.17) is 9.26 Å². The van der Waals surface area contributed by atoms with Gasteiger partial charge in [-0.15, -0.1) is 0 Å². The molecule has 0 aliphatic carbocycles. The maximum Gasteiger partial charge on any atom is 0.337 e. The third kappa shape index (κ3) is 4.55. The van der Waals surface area contributed by atoms with Crippen molar-refractivity contribution in [2.75, 3.05) is 20.2 Å². The second-order valence-electron chi connectivity index (χ2n) is 7.43. The van der Waals surface area contributed by atoms with Crippen LogP contribution in [0.3, 0.4) is 0 Å². The maximum absolute atomic E-state index is 11.5. The maximum atomic E-state index is 11.5. The monoisotopic (exact) mass is 408 g/mol. The van der Waals surface area contributed by atoms with E-state index in [1.807, 2.05) is 12.1 Å². The summed E-state index contributed by atoms with van der Waals surface area (Å²) in [5.41, 5.74) is 2.12. The molecule has 1 aliphatic heterocycles. The first-order chi connectivity index (χ1) is 14.6. The molecule has 1 atom stereocenters. The predicted molar refractivity (Wildman–Crippen MR) is 108 cm³/mol. The number of rotatable bonds is 6. The summed E-state index contributed by atoms with van der Waals surface area (Å²) in [6, 6.07) is 10.7. The van der Waals surface area contributed by atoms with Crippen LogP contribution < -0.4 is 0 Å². The zero-order chi connectivity index (χ0) is 20.9. The number of hydrogen-bond acceptors (Lipinski definition) is 8. The number of hydrogen-bond donors (Lipinski definition) is 1. The topological polar surface area (TPSA) is 102 Å². The van der Waals surface area contributed by atoms with E-state index in [-0.39, 0.29) is 11.9 Å². The van der Waals surface area contributed by atoms with Crippen LogP contribution in [0.25, 0.3) is 11.4 Å². The summed E-state index contributed by atoms with van der Waals surface area (Å²) >= 11 is 0. The Labute approximate surface area is 174 Å². The van der Waals surface area contributed by atoms with E-state index < -0.39 is 6.10 Å². The Kier molecular flexibility index (Phi) is 6.15. The van der Waals surface area contributed by atoms with Crippen molar-refractivity contribution >= 4 is 5.97 Å². The summed E-state index contributed by atoms with van der Waals surface area (Å²) in [4.78, 5) is 22.4. The van der Waals surface area contributed by atoms with Gasteiger partial charge >= 0.3 is 5.97 Å². The SMILES string of the molecule is COC(=O)c1ccc(-c2noc(CN3CCC([C@@H](O)c4cccnc4)CC3)n2)cc1. The van der Waals surface area contributed by atoms with Gasteiger partial charge in [0.1, 0.15) is 0 Å². The number of aliphatic hydroxyl groups excluding tert-OH is 1. The number of benzene rings is 1. The predicted octanol–water partition coefficient (Wildman–Crippen LogP) is 2.86. The molecule has 8 heteroatoms. The van der Waals surface area contributed by atoms with Gasteiger partial charge in [0.15, 0.2) is 0 Å². The minimum Gasteiger partial charge on any atom is -0.465 e. The van der Waals surface area contributed by atoms with Crippen molar-refractivity contribution in [2.24, 2.45) is 5.92 Å². The van der Waals surface area contributed by atoms with E-state index >= 15 is 0 Å². The zero-order valence-corrected chi connectivity index (χ0v) is 16.8. The number of nitrogens with zero attached hydrogens (tertiary/aromatic N) is 4. The highest BCUT2D eigenvalue weighted by Crippen LogP contribution is 2.30. The fourth-order valence-electron chi connectivity index (χ4n) is 3.75. The highest BCUT2D eigenvalue weighted by atomic mass is 16.5. The molecule has 0 unspecified atom stereocenters. The molecule has 1 aromatic carbocycles. The van der Waals surface area contributed by atoms with Crippen molar-refractivity contribution in [3.8, 4) is 11.4 Å². The van der Waals surface area contributed by atoms with Crippen LogP contribution >= 0.6 is 0 Å². The normalized spacial score (nSPS) is 16.3. The third-order valence-corrected chi connectivity index (χ3v) is 5.50. The van der Waals surface area contributed by atoms with Crippen LogP contribution in [0.1, 0.15) is 40.8 Å². The van der Waals surface area contributed by atoms with Crippen LogP contribution in [-0.2, 0) is 11.3 Å². The molecule has 1 N–H and O–H groups in total. The number of piperidine rings is 1. The lowest BCUT2D eigenvalue weighted by atomic mass is 9.88. The van der Waals surface area contributed by atoms with Crippen molar-refractivity contribution in [2.45, 2.75) is 25.5 Å². The van der Waals surface area contributed by atoms with Gasteiger partial charge in [0.2, 0.25) is 11.7 Å². The van der Waals surface area contributed by atoms with E-state index in [0.29, 0.717) is 23.8 Å². The third-order valence-electron chi connectivity index (χ3n) is 5.50. The Hall–Kier alpha value is -3.10. The highest BCUT2D eigenvalue weighted by molar-refractivity contribution is 5.89. The molecule has 1 fully saturated rings. The van der Waals surface area contributed by atoms with Crippen molar-refractivity contribution in [1.29, 1.82) is 0 Å². The Balaban J connectivity index is 1.32. The molecule has 3 aromatic rings. The number of pyridine rings is 1. The van der Waals surface area contributed by atoms with E-state index in [9.17, 15) is 9.90 Å². The number of likely N-dealkylation sites (tertiary alicyclic amines) is 1. The number of carbonyl (C=O) groups excluding carboxylic acids is 1. The molecule has 156 valence electrons. The largest absolute Gasteiger partial charge is 0.465 e. The molecule has 4 rings (SSSR count). The van der Waals surface area contributed by atoms with Crippen molar-refractivity contribution < 1.29 is 19.2 Å². The molecule has 1 aliphatic rings. The standard InChI is InChI=1S/C22H24N4O4/c1-29-22(28)17-6-4-16(5-7-17)21-24-19(30-25-21)14-26-11-8-15(9-12-26)20(27)18-3-2-10-23-13-18/h2-7,10,13,15,20,27H,8-9,11-12,14H2,1H3/t20-/m1/s1. The average Bonchev–Trinajstić information content (AvgIpc) is 3.27. The van der Waals surface area contributed by atoms with Crippen LogP contribution in [0.15, 0.2) is 53.3 Å². The molecular formula is C22H24N4O4. The fraction of sp³-hybridized carbons (Fsp3) is 0.364. The van der Waals surface area contributed by atoms with Gasteiger partial charge in [-0.25, -0.2) is 4.79 Å². The number of ether oxygens (including phenoxy) is 1. The Morgan fingerprint density at radius 2 is 2.03 bits per heavy atom. The second kappa shape index (κ2) is 9.15. The molecule has 3 heterocycles. The van der Waals surface area contributed by atoms with Crippen molar-refractivity contribution in [3.63, 3.8) is 0 Å². The summed E-state index contributed by atoms with van der Waals surface area (Å²) in [7, 11) is 1.35. The zero-order valence-electron chi connectivity index (χ0n) is 16.8. The van der Waals surface area contributed by atoms with Gasteiger partial charge in [-0.05, 0) is 55.6 Å². The van der Waals surface area contributed by atoms with Crippen LogP contribution in [0.5, 0.6) is 0 Å². The molecule has 30 heavy (non-hydrogen) atoms. The Morgan fingerprint density at radius 1 is 1.27 bits per heavy atom. The van der Waals surface area contributed by atoms with E-state index in [0.717, 1.165) is 37.1 Å². The van der Waals surface area contributed by atoms with Gasteiger partial charge in [0, 0.05) is 18.0 Å². The second-order valence-corrected chi connectivity index (χ2v) is 7.43. The molecule has 1 saturated heterocycles. The van der Waals surface area contributed by atoms with Crippen LogP contribution in [-0.4, -0.2) is 51.3 Å². The summed E-state index contributed by atoms with van der Waals surface area (Å²) in [6.45, 7) is 2.28. The van der Waals surface area contributed by atoms with Gasteiger partial charge in [-0.2, -0.15) is 4.98 Å². The summed E-state index contributed by atoms with van der Waals surface area (Å²) in [6.07, 6.45) is 4.75. The number of esters is 1. The lowest BCUT2D eigenvalue weighted by Gasteiger charge is -2.33. The Morgan fingerprint density at radius 3 is 2.70 bits per heavy atom. The van der Waals surface area contributed by atoms with Crippen molar-refractivity contribution in [3.05, 3.63) is 65.8 Å². The van der Waals surface area contributed by atoms with Gasteiger partial charge in [0.05, 0.1) is 25.3 Å². The first-order valence-electron chi connectivity index (χ1n) is 9.95. The highest BCUT2D eigenvalue weighted by Gasteiger charge is 2.27. The average molecular weight is 408 g/mol. The summed E-state index contributed by atoms with van der Waals surface area (Å²) in [5.74, 6) is 0.876. The Bertz CT molecular complexity index is 966. The number of carbonyl (C=O) groups is 1. The van der Waals surface area contributed by atoms with Gasteiger partial charge in [-0.1, -0.05) is 23.4 Å². The molecular weight excluding hydrogens is 384 g/mol. The van der Waals surface area contributed by atoms with Crippen LogP contribution in [0.2, 0.25) is 0 Å². The molecule has 8 nitrogen and oxygen atoms in total. The van der Waals surface area contributed by atoms with Crippen molar-refractivity contribution in [1.82, 2.24) is 20.0 Å². The molecule has 0 bridgehead atoms. The fourth-order valence-corrected chi connectivity index (χ4v) is 3.75. The number of methoxy groups -OCH3 is 1. The lowest BCUT2D eigenvalue weighted by molar-refractivity contribution is 0.0535. The molecule has 0 spiro atoms. The van der Waals surface area contributed by atoms with E-state index in [1.54, 1.807) is 36.7 Å². The van der Waals surface area contributed by atoms with Crippen LogP contribution in [0.4, 0.5) is 0 Å². The lowest BCUT2D eigenvalue weighted by Crippen LogP contribution is -2.35. The smallest absolute Gasteiger partial charge is 0.337 e. The van der Waals surface area contributed by atoms with E-state index in [1.165, 1.54) is 7.11 Å². The van der Waals surface area contributed by atoms with Gasteiger partial charge in [-0.3, -0.25) is 9.88 Å².